The minimum absolute atomic E-state index is 0.121. The van der Waals surface area contributed by atoms with Gasteiger partial charge < -0.3 is 31.1 Å². The zero-order chi connectivity index (χ0) is 21.5. The summed E-state index contributed by atoms with van der Waals surface area (Å²) in [6, 6.07) is 7.19. The predicted molar refractivity (Wildman–Crippen MR) is 105 cm³/mol. The second-order valence-corrected chi connectivity index (χ2v) is 7.70. The van der Waals surface area contributed by atoms with E-state index in [2.05, 4.69) is 10.1 Å². The van der Waals surface area contributed by atoms with Gasteiger partial charge in [0.1, 0.15) is 18.7 Å². The summed E-state index contributed by atoms with van der Waals surface area (Å²) in [7, 11) is 2.31. The number of amides is 1. The number of ether oxygens (including phenoxy) is 1. The molecular formula is C16H22N2O8S2. The first-order chi connectivity index (χ1) is 13.1. The number of carbonyl (C=O) groups excluding carboxylic acids is 1. The van der Waals surface area contributed by atoms with E-state index in [1.54, 1.807) is 0 Å². The van der Waals surface area contributed by atoms with Crippen molar-refractivity contribution in [3.8, 4) is 0 Å². The Kier molecular flexibility index (Phi) is 13.3. The molecule has 1 aromatic rings. The Bertz CT molecular complexity index is 645. The van der Waals surface area contributed by atoms with E-state index < -0.39 is 36.1 Å². The number of nitrogens with one attached hydrogen (secondary N) is 1. The fourth-order valence-corrected chi connectivity index (χ4v) is 3.72. The number of carboxylic acid groups (broad SMARTS) is 3. The lowest BCUT2D eigenvalue weighted by Crippen LogP contribution is -2.41. The molecule has 0 aliphatic heterocycles. The van der Waals surface area contributed by atoms with Gasteiger partial charge in [0, 0.05) is 18.4 Å². The zero-order valence-electron chi connectivity index (χ0n) is 14.9. The number of nitrogens with two attached hydrogens (primary N) is 1. The molecule has 0 saturated carbocycles. The molecule has 1 rings (SSSR count). The second kappa shape index (κ2) is 14.6. The number of rotatable bonds is 10. The maximum absolute atomic E-state index is 10.7. The summed E-state index contributed by atoms with van der Waals surface area (Å²) in [6.07, 6.45) is -1.24. The lowest BCUT2D eigenvalue weighted by atomic mass is 10.2. The van der Waals surface area contributed by atoms with Gasteiger partial charge in [-0.25, -0.2) is 9.59 Å². The van der Waals surface area contributed by atoms with E-state index in [1.807, 2.05) is 30.3 Å². The molecule has 2 atom stereocenters. The van der Waals surface area contributed by atoms with Crippen molar-refractivity contribution >= 4 is 45.6 Å². The first-order valence-corrected chi connectivity index (χ1v) is 10.2. The second-order valence-electron chi connectivity index (χ2n) is 5.15. The molecule has 156 valence electrons. The van der Waals surface area contributed by atoms with E-state index in [4.69, 9.17) is 21.1 Å². The molecule has 0 heterocycles. The van der Waals surface area contributed by atoms with Gasteiger partial charge in [0.05, 0.1) is 0 Å². The van der Waals surface area contributed by atoms with Gasteiger partial charge in [-0.2, -0.15) is 0 Å². The summed E-state index contributed by atoms with van der Waals surface area (Å²) < 4.78 is 4.34. The molecule has 0 spiro atoms. The SMILES string of the molecule is CC(=O)NC(CSSCC(N)C(=O)O)C(=O)O.O=C(O)OCc1ccccc1. The molecule has 0 aliphatic rings. The summed E-state index contributed by atoms with van der Waals surface area (Å²) in [5, 5.41) is 27.7. The molecule has 10 nitrogen and oxygen atoms in total. The average molecular weight is 434 g/mol. The van der Waals surface area contributed by atoms with Crippen LogP contribution in [0.5, 0.6) is 0 Å². The van der Waals surface area contributed by atoms with Gasteiger partial charge in [-0.15, -0.1) is 0 Å². The summed E-state index contributed by atoms with van der Waals surface area (Å²) in [4.78, 5) is 41.7. The van der Waals surface area contributed by atoms with E-state index in [0.29, 0.717) is 0 Å². The standard InChI is InChI=1S/C8H14N2O5S2.C8H8O3/c1-4(11)10-6(8(14)15)3-17-16-2-5(9)7(12)13;9-8(10)11-6-7-4-2-1-3-5-7/h5-6H,2-3,9H2,1H3,(H,10,11)(H,12,13)(H,14,15);1-5H,6H2,(H,9,10). The fourth-order valence-electron chi connectivity index (χ4n) is 1.45. The Morgan fingerprint density at radius 1 is 1.04 bits per heavy atom. The van der Waals surface area contributed by atoms with Crippen molar-refractivity contribution in [1.29, 1.82) is 0 Å². The van der Waals surface area contributed by atoms with Crippen molar-refractivity contribution in [2.45, 2.75) is 25.6 Å². The number of carbonyl (C=O) groups is 4. The highest BCUT2D eigenvalue weighted by Gasteiger charge is 2.19. The molecule has 0 fully saturated rings. The molecule has 0 aromatic heterocycles. The molecule has 0 saturated heterocycles. The normalized spacial score (nSPS) is 11.9. The summed E-state index contributed by atoms with van der Waals surface area (Å²) in [5.74, 6) is -2.34. The van der Waals surface area contributed by atoms with Crippen LogP contribution < -0.4 is 11.1 Å². The Morgan fingerprint density at radius 2 is 1.61 bits per heavy atom. The highest BCUT2D eigenvalue weighted by molar-refractivity contribution is 8.76. The van der Waals surface area contributed by atoms with Crippen LogP contribution in [-0.4, -0.2) is 62.9 Å². The van der Waals surface area contributed by atoms with Crippen molar-refractivity contribution in [2.75, 3.05) is 11.5 Å². The van der Waals surface area contributed by atoms with Gasteiger partial charge in [0.15, 0.2) is 0 Å². The largest absolute Gasteiger partial charge is 0.506 e. The Hall–Kier alpha value is -2.44. The average Bonchev–Trinajstić information content (AvgIpc) is 2.63. The van der Waals surface area contributed by atoms with Gasteiger partial charge in [0.25, 0.3) is 0 Å². The molecular weight excluding hydrogens is 412 g/mol. The fraction of sp³-hybridized carbons (Fsp3) is 0.375. The van der Waals surface area contributed by atoms with E-state index in [-0.39, 0.29) is 18.1 Å². The monoisotopic (exact) mass is 434 g/mol. The van der Waals surface area contributed by atoms with Crippen molar-refractivity contribution < 1.29 is 39.2 Å². The van der Waals surface area contributed by atoms with E-state index in [0.717, 1.165) is 27.2 Å². The number of aliphatic carboxylic acids is 2. The number of hydrogen-bond acceptors (Lipinski definition) is 8. The van der Waals surface area contributed by atoms with Gasteiger partial charge >= 0.3 is 18.1 Å². The quantitative estimate of drug-likeness (QED) is 0.203. The summed E-state index contributed by atoms with van der Waals surface area (Å²) in [6.45, 7) is 1.35. The van der Waals surface area contributed by atoms with Crippen molar-refractivity contribution in [2.24, 2.45) is 5.73 Å². The predicted octanol–water partition coefficient (Wildman–Crippen LogP) is 1.25. The third-order valence-electron chi connectivity index (χ3n) is 2.76. The smallest absolute Gasteiger partial charge is 0.480 e. The Balaban J connectivity index is 0.000000567. The number of carboxylic acids is 2. The Labute approximate surface area is 169 Å². The van der Waals surface area contributed by atoms with Gasteiger partial charge in [-0.3, -0.25) is 9.59 Å². The zero-order valence-corrected chi connectivity index (χ0v) is 16.6. The molecule has 0 aliphatic carbocycles. The van der Waals surface area contributed by atoms with Crippen molar-refractivity contribution in [3.05, 3.63) is 35.9 Å². The van der Waals surface area contributed by atoms with Crippen LogP contribution in [0.25, 0.3) is 0 Å². The molecule has 0 bridgehead atoms. The van der Waals surface area contributed by atoms with Crippen LogP contribution in [0.1, 0.15) is 12.5 Å². The molecule has 12 heteroatoms. The molecule has 6 N–H and O–H groups in total. The Morgan fingerprint density at radius 3 is 2.07 bits per heavy atom. The lowest BCUT2D eigenvalue weighted by Gasteiger charge is -2.12. The minimum Gasteiger partial charge on any atom is -0.480 e. The highest BCUT2D eigenvalue weighted by Crippen LogP contribution is 2.22. The van der Waals surface area contributed by atoms with Gasteiger partial charge in [-0.05, 0) is 5.56 Å². The maximum atomic E-state index is 10.7. The van der Waals surface area contributed by atoms with Crippen LogP contribution >= 0.6 is 21.6 Å². The topological polar surface area (TPSA) is 176 Å². The van der Waals surface area contributed by atoms with Crippen molar-refractivity contribution in [1.82, 2.24) is 5.32 Å². The summed E-state index contributed by atoms with van der Waals surface area (Å²) in [5.41, 5.74) is 6.11. The molecule has 0 radical (unpaired) electrons. The van der Waals surface area contributed by atoms with Crippen LogP contribution in [0.15, 0.2) is 30.3 Å². The van der Waals surface area contributed by atoms with Crippen LogP contribution in [0.4, 0.5) is 4.79 Å². The molecule has 1 amide bonds. The number of hydrogen-bond donors (Lipinski definition) is 5. The van der Waals surface area contributed by atoms with Gasteiger partial charge in [-0.1, -0.05) is 51.9 Å². The van der Waals surface area contributed by atoms with Crippen molar-refractivity contribution in [3.63, 3.8) is 0 Å². The molecule has 1 aromatic carbocycles. The van der Waals surface area contributed by atoms with E-state index in [1.165, 1.54) is 6.92 Å². The van der Waals surface area contributed by atoms with E-state index in [9.17, 15) is 19.2 Å². The summed E-state index contributed by atoms with van der Waals surface area (Å²) >= 11 is 0. The number of benzene rings is 1. The van der Waals surface area contributed by atoms with E-state index >= 15 is 0 Å². The highest BCUT2D eigenvalue weighted by atomic mass is 33.1. The maximum Gasteiger partial charge on any atom is 0.506 e. The molecule has 28 heavy (non-hydrogen) atoms. The minimum atomic E-state index is -1.24. The third kappa shape index (κ3) is 13.7. The third-order valence-corrected chi connectivity index (χ3v) is 5.21. The van der Waals surface area contributed by atoms with Gasteiger partial charge in [0.2, 0.25) is 5.91 Å². The van der Waals surface area contributed by atoms with Crippen LogP contribution in [-0.2, 0) is 25.7 Å². The lowest BCUT2D eigenvalue weighted by molar-refractivity contribution is -0.140. The first kappa shape index (κ1) is 25.6. The molecule has 2 unspecified atom stereocenters. The van der Waals surface area contributed by atoms with Crippen LogP contribution in [0.2, 0.25) is 0 Å². The van der Waals surface area contributed by atoms with Crippen LogP contribution in [0.3, 0.4) is 0 Å². The van der Waals surface area contributed by atoms with Crippen LogP contribution in [0, 0.1) is 0 Å². The first-order valence-electron chi connectivity index (χ1n) is 7.75.